The van der Waals surface area contributed by atoms with Gasteiger partial charge in [-0.1, -0.05) is 0 Å². The number of rotatable bonds is 5. The molecule has 1 aromatic rings. The average Bonchev–Trinajstić information content (AvgIpc) is 2.63. The molecule has 2 rings (SSSR count). The molecule has 0 radical (unpaired) electrons. The quantitative estimate of drug-likeness (QED) is 0.640. The van der Waals surface area contributed by atoms with Gasteiger partial charge in [0.25, 0.3) is 0 Å². The normalized spacial score (nSPS) is 16.1. The maximum absolute atomic E-state index is 11.7. The summed E-state index contributed by atoms with van der Waals surface area (Å²) in [5.41, 5.74) is 0. The maximum Gasteiger partial charge on any atom is 0.248 e. The molecule has 6 nitrogen and oxygen atoms in total. The summed E-state index contributed by atoms with van der Waals surface area (Å²) < 4.78 is 5.96. The molecular weight excluding hydrogens is 348 g/mol. The predicted octanol–water partition coefficient (Wildman–Crippen LogP) is 1.94. The van der Waals surface area contributed by atoms with E-state index < -0.39 is 0 Å². The monoisotopic (exact) mass is 362 g/mol. The van der Waals surface area contributed by atoms with Crippen LogP contribution in [0, 0.1) is 0 Å². The van der Waals surface area contributed by atoms with Crippen LogP contribution in [0.4, 0.5) is 5.82 Å². The minimum Gasteiger partial charge on any atom is -0.372 e. The molecule has 110 valence electrons. The van der Waals surface area contributed by atoms with Gasteiger partial charge in [0, 0.05) is 32.4 Å². The molecule has 1 aliphatic heterocycles. The van der Waals surface area contributed by atoms with Crippen molar-refractivity contribution in [2.45, 2.75) is 12.8 Å². The maximum atomic E-state index is 11.7. The van der Waals surface area contributed by atoms with E-state index in [1.54, 1.807) is 6.20 Å². The van der Waals surface area contributed by atoms with Crippen LogP contribution in [0.25, 0.3) is 0 Å². The fraction of sp³-hybridized carbons (Fsp3) is 0.583. The van der Waals surface area contributed by atoms with Gasteiger partial charge in [0.15, 0.2) is 0 Å². The summed E-state index contributed by atoms with van der Waals surface area (Å²) in [7, 11) is 0. The van der Waals surface area contributed by atoms with Gasteiger partial charge in [-0.25, -0.2) is 4.98 Å². The van der Waals surface area contributed by atoms with Crippen molar-refractivity contribution < 1.29 is 9.53 Å². The summed E-state index contributed by atoms with van der Waals surface area (Å²) in [6.07, 6.45) is 3.33. The number of carbonyl (C=O) groups excluding carboxylic acids is 1. The lowest BCUT2D eigenvalue weighted by atomic mass is 10.3. The van der Waals surface area contributed by atoms with Gasteiger partial charge in [0.2, 0.25) is 11.2 Å². The Morgan fingerprint density at radius 1 is 1.55 bits per heavy atom. The van der Waals surface area contributed by atoms with Crippen molar-refractivity contribution in [1.82, 2.24) is 14.9 Å². The molecule has 1 aliphatic rings. The number of aromatic nitrogens is 2. The highest BCUT2D eigenvalue weighted by Gasteiger charge is 2.16. The fourth-order valence-corrected chi connectivity index (χ4v) is 2.38. The van der Waals surface area contributed by atoms with Crippen LogP contribution in [0.2, 0.25) is 5.28 Å². The van der Waals surface area contributed by atoms with Crippen LogP contribution in [-0.2, 0) is 9.53 Å². The Hall–Kier alpha value is -0.920. The zero-order valence-electron chi connectivity index (χ0n) is 10.9. The lowest BCUT2D eigenvalue weighted by Crippen LogP contribution is -2.34. The average molecular weight is 364 g/mol. The highest BCUT2D eigenvalue weighted by molar-refractivity contribution is 9.10. The first kappa shape index (κ1) is 15.5. The lowest BCUT2D eigenvalue weighted by Gasteiger charge is -2.19. The van der Waals surface area contributed by atoms with Crippen LogP contribution in [0.1, 0.15) is 12.8 Å². The second kappa shape index (κ2) is 7.75. The standard InChI is InChI=1S/C12H16BrClN4O2/c13-9-7-16-12(14)17-11(9)15-3-1-4-18-5-2-6-20-8-10(18)19/h7H,1-6,8H2,(H,15,16,17). The van der Waals surface area contributed by atoms with E-state index in [-0.39, 0.29) is 17.8 Å². The Bertz CT molecular complexity index is 475. The largest absolute Gasteiger partial charge is 0.372 e. The molecule has 1 saturated heterocycles. The number of halogens is 2. The van der Waals surface area contributed by atoms with Crippen molar-refractivity contribution >= 4 is 39.3 Å². The van der Waals surface area contributed by atoms with E-state index in [9.17, 15) is 4.79 Å². The molecular formula is C12H16BrClN4O2. The van der Waals surface area contributed by atoms with E-state index in [1.165, 1.54) is 0 Å². The van der Waals surface area contributed by atoms with Crippen LogP contribution in [-0.4, -0.2) is 53.6 Å². The Kier molecular flexibility index (Phi) is 6.00. The highest BCUT2D eigenvalue weighted by Crippen LogP contribution is 2.19. The molecule has 0 aliphatic carbocycles. The van der Waals surface area contributed by atoms with Gasteiger partial charge in [-0.2, -0.15) is 4.98 Å². The first-order chi connectivity index (χ1) is 9.66. The van der Waals surface area contributed by atoms with Crippen molar-refractivity contribution in [2.75, 3.05) is 38.2 Å². The number of nitrogens with zero attached hydrogens (tertiary/aromatic N) is 3. The Morgan fingerprint density at radius 3 is 3.25 bits per heavy atom. The molecule has 0 bridgehead atoms. The summed E-state index contributed by atoms with van der Waals surface area (Å²) in [6.45, 7) is 3.04. The van der Waals surface area contributed by atoms with Gasteiger partial charge in [0.1, 0.15) is 12.4 Å². The summed E-state index contributed by atoms with van der Waals surface area (Å²) in [5.74, 6) is 0.726. The first-order valence-electron chi connectivity index (χ1n) is 6.44. The fourth-order valence-electron chi connectivity index (χ4n) is 1.92. The Morgan fingerprint density at radius 2 is 2.40 bits per heavy atom. The second-order valence-corrected chi connectivity index (χ2v) is 5.60. The van der Waals surface area contributed by atoms with Gasteiger partial charge in [0.05, 0.1) is 4.47 Å². The topological polar surface area (TPSA) is 67.3 Å². The van der Waals surface area contributed by atoms with Crippen molar-refractivity contribution in [2.24, 2.45) is 0 Å². The van der Waals surface area contributed by atoms with Crippen molar-refractivity contribution in [3.05, 3.63) is 16.0 Å². The zero-order valence-corrected chi connectivity index (χ0v) is 13.3. The number of anilines is 1. The summed E-state index contributed by atoms with van der Waals surface area (Å²) in [5, 5.41) is 3.38. The molecule has 1 aromatic heterocycles. The Labute approximate surface area is 131 Å². The molecule has 0 spiro atoms. The smallest absolute Gasteiger partial charge is 0.248 e. The highest BCUT2D eigenvalue weighted by atomic mass is 79.9. The number of hydrogen-bond acceptors (Lipinski definition) is 5. The molecule has 20 heavy (non-hydrogen) atoms. The third kappa shape index (κ3) is 4.57. The zero-order chi connectivity index (χ0) is 14.4. The van der Waals surface area contributed by atoms with Crippen molar-refractivity contribution in [1.29, 1.82) is 0 Å². The van der Waals surface area contributed by atoms with E-state index in [4.69, 9.17) is 16.3 Å². The molecule has 0 saturated carbocycles. The molecule has 0 atom stereocenters. The van der Waals surface area contributed by atoms with E-state index in [1.807, 2.05) is 4.90 Å². The van der Waals surface area contributed by atoms with Gasteiger partial charge < -0.3 is 15.0 Å². The number of ether oxygens (including phenoxy) is 1. The predicted molar refractivity (Wildman–Crippen MR) is 79.9 cm³/mol. The molecule has 0 aromatic carbocycles. The summed E-state index contributed by atoms with van der Waals surface area (Å²) in [6, 6.07) is 0. The second-order valence-electron chi connectivity index (χ2n) is 4.40. The minimum atomic E-state index is 0.0637. The van der Waals surface area contributed by atoms with Gasteiger partial charge >= 0.3 is 0 Å². The van der Waals surface area contributed by atoms with Gasteiger partial charge in [-0.15, -0.1) is 0 Å². The molecule has 1 amide bonds. The number of carbonyl (C=O) groups is 1. The number of nitrogens with one attached hydrogen (secondary N) is 1. The van der Waals surface area contributed by atoms with Crippen LogP contribution in [0.3, 0.4) is 0 Å². The summed E-state index contributed by atoms with van der Waals surface area (Å²) in [4.78, 5) is 21.5. The number of amides is 1. The van der Waals surface area contributed by atoms with Crippen LogP contribution < -0.4 is 5.32 Å². The van der Waals surface area contributed by atoms with Crippen molar-refractivity contribution in [3.63, 3.8) is 0 Å². The molecule has 8 heteroatoms. The van der Waals surface area contributed by atoms with Crippen LogP contribution in [0.15, 0.2) is 10.7 Å². The number of hydrogen-bond donors (Lipinski definition) is 1. The molecule has 1 fully saturated rings. The van der Waals surface area contributed by atoms with Gasteiger partial charge in [-0.05, 0) is 40.4 Å². The van der Waals surface area contributed by atoms with E-state index >= 15 is 0 Å². The Balaban J connectivity index is 1.75. The van der Waals surface area contributed by atoms with E-state index in [0.29, 0.717) is 25.5 Å². The molecule has 1 N–H and O–H groups in total. The third-order valence-electron chi connectivity index (χ3n) is 2.91. The third-order valence-corrected chi connectivity index (χ3v) is 3.67. The van der Waals surface area contributed by atoms with Crippen LogP contribution >= 0.6 is 27.5 Å². The van der Waals surface area contributed by atoms with Gasteiger partial charge in [-0.3, -0.25) is 4.79 Å². The molecule has 2 heterocycles. The van der Waals surface area contributed by atoms with E-state index in [2.05, 4.69) is 31.2 Å². The van der Waals surface area contributed by atoms with Crippen molar-refractivity contribution in [3.8, 4) is 0 Å². The van der Waals surface area contributed by atoms with E-state index in [0.717, 1.165) is 23.9 Å². The SMILES string of the molecule is O=C1COCCCN1CCCNc1nc(Cl)ncc1Br. The lowest BCUT2D eigenvalue weighted by molar-refractivity contribution is -0.133. The van der Waals surface area contributed by atoms with Crippen LogP contribution in [0.5, 0.6) is 0 Å². The first-order valence-corrected chi connectivity index (χ1v) is 7.61. The summed E-state index contributed by atoms with van der Waals surface area (Å²) >= 11 is 9.09. The minimum absolute atomic E-state index is 0.0637. The molecule has 0 unspecified atom stereocenters.